The van der Waals surface area contributed by atoms with Gasteiger partial charge in [-0.1, -0.05) is 26.2 Å². The van der Waals surface area contributed by atoms with Gasteiger partial charge in [0.25, 0.3) is 0 Å². The molecule has 0 unspecified atom stereocenters. The molecule has 0 atom stereocenters. The Labute approximate surface area is 126 Å². The highest BCUT2D eigenvalue weighted by molar-refractivity contribution is 7.30. The van der Waals surface area contributed by atoms with Gasteiger partial charge in [0.1, 0.15) is 0 Å². The Balaban J connectivity index is 1.68. The smallest absolute Gasteiger partial charge is 0.0463 e. The first-order valence-corrected chi connectivity index (χ1v) is 9.44. The molecule has 3 aromatic rings. The Kier molecular flexibility index (Phi) is 4.36. The van der Waals surface area contributed by atoms with E-state index in [0.717, 1.165) is 0 Å². The molecular formula is C16H18S3. The summed E-state index contributed by atoms with van der Waals surface area (Å²) in [4.78, 5) is 4.42. The predicted octanol–water partition coefficient (Wildman–Crippen LogP) is 6.81. The molecule has 19 heavy (non-hydrogen) atoms. The van der Waals surface area contributed by atoms with Crippen LogP contribution in [-0.4, -0.2) is 0 Å². The number of hydrogen-bond acceptors (Lipinski definition) is 3. The van der Waals surface area contributed by atoms with Crippen LogP contribution in [0.1, 0.15) is 37.5 Å². The molecule has 0 spiro atoms. The molecule has 0 aliphatic rings. The van der Waals surface area contributed by atoms with E-state index in [2.05, 4.69) is 36.6 Å². The Morgan fingerprint density at radius 1 is 0.895 bits per heavy atom. The maximum Gasteiger partial charge on any atom is 0.0463 e. The van der Waals surface area contributed by atoms with Crippen molar-refractivity contribution in [2.45, 2.75) is 39.0 Å². The molecule has 3 aromatic heterocycles. The first kappa shape index (κ1) is 13.3. The third-order valence-corrected chi connectivity index (χ3v) is 6.75. The zero-order valence-electron chi connectivity index (χ0n) is 11.1. The maximum atomic E-state index is 2.34. The van der Waals surface area contributed by atoms with Crippen LogP contribution in [0.4, 0.5) is 0 Å². The molecule has 3 rings (SSSR count). The predicted molar refractivity (Wildman–Crippen MR) is 90.9 cm³/mol. The highest BCUT2D eigenvalue weighted by Crippen LogP contribution is 2.39. The second-order valence-corrected chi connectivity index (χ2v) is 8.04. The zero-order chi connectivity index (χ0) is 13.1. The Hall–Kier alpha value is -0.640. The zero-order valence-corrected chi connectivity index (χ0v) is 13.6. The summed E-state index contributed by atoms with van der Waals surface area (Å²) in [6, 6.07) is 9.19. The van der Waals surface area contributed by atoms with Crippen LogP contribution in [0.5, 0.6) is 0 Å². The van der Waals surface area contributed by atoms with Crippen LogP contribution in [0.15, 0.2) is 29.6 Å². The topological polar surface area (TPSA) is 0 Å². The lowest BCUT2D eigenvalue weighted by molar-refractivity contribution is 0.670. The lowest BCUT2D eigenvalue weighted by Gasteiger charge is -1.96. The molecule has 0 nitrogen and oxygen atoms in total. The molecule has 0 saturated heterocycles. The quantitative estimate of drug-likeness (QED) is 0.439. The highest BCUT2D eigenvalue weighted by atomic mass is 32.1. The highest BCUT2D eigenvalue weighted by Gasteiger charge is 2.07. The fourth-order valence-electron chi connectivity index (χ4n) is 2.26. The largest absolute Gasteiger partial charge is 0.143 e. The van der Waals surface area contributed by atoms with Gasteiger partial charge in [-0.3, -0.25) is 0 Å². The molecule has 0 radical (unpaired) electrons. The van der Waals surface area contributed by atoms with Crippen LogP contribution in [0.2, 0.25) is 0 Å². The van der Waals surface area contributed by atoms with Crippen molar-refractivity contribution in [1.82, 2.24) is 0 Å². The standard InChI is InChI=1S/C16H18S3/c1-2-3-4-5-6-12-7-8-13(18-12)16-11-15-14(19-16)9-10-17-15/h7-11H,2-6H2,1H3. The normalized spacial score (nSPS) is 11.4. The van der Waals surface area contributed by atoms with Crippen LogP contribution in [0, 0.1) is 0 Å². The van der Waals surface area contributed by atoms with E-state index in [-0.39, 0.29) is 0 Å². The minimum atomic E-state index is 1.25. The van der Waals surface area contributed by atoms with Gasteiger partial charge in [0.2, 0.25) is 0 Å². The number of hydrogen-bond donors (Lipinski definition) is 0. The van der Waals surface area contributed by atoms with Gasteiger partial charge >= 0.3 is 0 Å². The summed E-state index contributed by atoms with van der Waals surface area (Å²) < 4.78 is 2.86. The van der Waals surface area contributed by atoms with E-state index < -0.39 is 0 Å². The molecule has 0 amide bonds. The van der Waals surface area contributed by atoms with E-state index in [4.69, 9.17) is 0 Å². The number of rotatable bonds is 6. The Bertz CT molecular complexity index is 613. The van der Waals surface area contributed by atoms with Gasteiger partial charge in [-0.2, -0.15) is 0 Å². The second kappa shape index (κ2) is 6.21. The molecule has 0 N–H and O–H groups in total. The number of unbranched alkanes of at least 4 members (excludes halogenated alkanes) is 3. The van der Waals surface area contributed by atoms with Crippen molar-refractivity contribution in [1.29, 1.82) is 0 Å². The van der Waals surface area contributed by atoms with Crippen molar-refractivity contribution in [3.63, 3.8) is 0 Å². The van der Waals surface area contributed by atoms with Gasteiger partial charge in [0, 0.05) is 24.0 Å². The SMILES string of the molecule is CCCCCCc1ccc(-c2cc3sccc3s2)s1. The van der Waals surface area contributed by atoms with Crippen molar-refractivity contribution in [2.75, 3.05) is 0 Å². The molecule has 3 heterocycles. The van der Waals surface area contributed by atoms with Crippen molar-refractivity contribution in [2.24, 2.45) is 0 Å². The van der Waals surface area contributed by atoms with Crippen LogP contribution >= 0.6 is 34.0 Å². The molecule has 0 aliphatic carbocycles. The maximum absolute atomic E-state index is 2.34. The van der Waals surface area contributed by atoms with E-state index in [9.17, 15) is 0 Å². The lowest BCUT2D eigenvalue weighted by atomic mass is 10.1. The fourth-order valence-corrected chi connectivity index (χ4v) is 5.50. The summed E-state index contributed by atoms with van der Waals surface area (Å²) >= 11 is 5.74. The molecule has 0 aliphatic heterocycles. The first-order valence-electron chi connectivity index (χ1n) is 6.93. The number of thiophene rings is 3. The lowest BCUT2D eigenvalue weighted by Crippen LogP contribution is -1.80. The van der Waals surface area contributed by atoms with Crippen molar-refractivity contribution in [3.8, 4) is 9.75 Å². The van der Waals surface area contributed by atoms with E-state index in [1.54, 1.807) is 4.88 Å². The van der Waals surface area contributed by atoms with Crippen LogP contribution in [-0.2, 0) is 6.42 Å². The van der Waals surface area contributed by atoms with Gasteiger partial charge in [-0.15, -0.1) is 34.0 Å². The van der Waals surface area contributed by atoms with Crippen molar-refractivity contribution >= 4 is 43.4 Å². The molecule has 3 heteroatoms. The molecular weight excluding hydrogens is 288 g/mol. The van der Waals surface area contributed by atoms with Crippen LogP contribution in [0.3, 0.4) is 0 Å². The Morgan fingerprint density at radius 2 is 1.84 bits per heavy atom. The average Bonchev–Trinajstić information content (AvgIpc) is 3.08. The van der Waals surface area contributed by atoms with E-state index in [0.29, 0.717) is 0 Å². The average molecular weight is 307 g/mol. The van der Waals surface area contributed by atoms with Gasteiger partial charge < -0.3 is 0 Å². The Morgan fingerprint density at radius 3 is 2.68 bits per heavy atom. The summed E-state index contributed by atoms with van der Waals surface area (Å²) in [5, 5.41) is 2.18. The summed E-state index contributed by atoms with van der Waals surface area (Å²) in [6.45, 7) is 2.27. The number of fused-ring (bicyclic) bond motifs is 1. The minimum Gasteiger partial charge on any atom is -0.143 e. The van der Waals surface area contributed by atoms with Crippen LogP contribution in [0.25, 0.3) is 19.2 Å². The molecule has 0 fully saturated rings. The second-order valence-electron chi connectivity index (χ2n) is 4.84. The third-order valence-electron chi connectivity index (χ3n) is 3.32. The fraction of sp³-hybridized carbons (Fsp3) is 0.375. The van der Waals surface area contributed by atoms with E-state index in [1.165, 1.54) is 51.3 Å². The summed E-state index contributed by atoms with van der Waals surface area (Å²) in [7, 11) is 0. The molecule has 0 bridgehead atoms. The van der Waals surface area contributed by atoms with E-state index >= 15 is 0 Å². The molecule has 0 saturated carbocycles. The van der Waals surface area contributed by atoms with Gasteiger partial charge in [0.15, 0.2) is 0 Å². The number of aryl methyl sites for hydroxylation is 1. The van der Waals surface area contributed by atoms with Crippen LogP contribution < -0.4 is 0 Å². The van der Waals surface area contributed by atoms with Gasteiger partial charge in [0.05, 0.1) is 0 Å². The summed E-state index contributed by atoms with van der Waals surface area (Å²) in [5.41, 5.74) is 0. The molecule has 100 valence electrons. The van der Waals surface area contributed by atoms with Crippen molar-refractivity contribution in [3.05, 3.63) is 34.5 Å². The van der Waals surface area contributed by atoms with Gasteiger partial charge in [-0.25, -0.2) is 0 Å². The van der Waals surface area contributed by atoms with Crippen molar-refractivity contribution < 1.29 is 0 Å². The third kappa shape index (κ3) is 3.10. The summed E-state index contributed by atoms with van der Waals surface area (Å²) in [5.74, 6) is 0. The summed E-state index contributed by atoms with van der Waals surface area (Å²) in [6.07, 6.45) is 6.66. The minimum absolute atomic E-state index is 1.25. The van der Waals surface area contributed by atoms with Gasteiger partial charge in [-0.05, 0) is 42.5 Å². The van der Waals surface area contributed by atoms with E-state index in [1.807, 2.05) is 34.0 Å². The molecule has 0 aromatic carbocycles. The first-order chi connectivity index (χ1) is 9.36. The monoisotopic (exact) mass is 306 g/mol.